The van der Waals surface area contributed by atoms with Crippen LogP contribution >= 0.6 is 15.9 Å². The van der Waals surface area contributed by atoms with Crippen LogP contribution in [0.15, 0.2) is 18.2 Å². The van der Waals surface area contributed by atoms with Crippen LogP contribution in [0.2, 0.25) is 0 Å². The Labute approximate surface area is 122 Å². The van der Waals surface area contributed by atoms with Gasteiger partial charge < -0.3 is 5.11 Å². The lowest BCUT2D eigenvalue weighted by molar-refractivity contribution is -0.122. The van der Waals surface area contributed by atoms with Gasteiger partial charge in [-0.15, -0.1) is 0 Å². The normalized spacial score (nSPS) is 33.7. The first-order valence-electron chi connectivity index (χ1n) is 7.06. The lowest BCUT2D eigenvalue weighted by atomic mass is 9.56. The molecule has 0 unspecified atom stereocenters. The number of alkyl halides is 1. The lowest BCUT2D eigenvalue weighted by Crippen LogP contribution is -2.47. The summed E-state index contributed by atoms with van der Waals surface area (Å²) in [4.78, 5) is 12.0. The summed E-state index contributed by atoms with van der Waals surface area (Å²) in [6.45, 7) is 2.23. The van der Waals surface area contributed by atoms with Gasteiger partial charge in [0.05, 0.1) is 4.83 Å². The van der Waals surface area contributed by atoms with Crippen molar-refractivity contribution in [2.75, 3.05) is 0 Å². The minimum atomic E-state index is -0.0107. The van der Waals surface area contributed by atoms with Gasteiger partial charge in [-0.2, -0.15) is 0 Å². The predicted molar refractivity (Wildman–Crippen MR) is 78.8 cm³/mol. The van der Waals surface area contributed by atoms with Crippen LogP contribution in [-0.4, -0.2) is 15.7 Å². The molecule has 2 aliphatic carbocycles. The van der Waals surface area contributed by atoms with Gasteiger partial charge in [-0.25, -0.2) is 0 Å². The zero-order chi connectivity index (χ0) is 13.6. The van der Waals surface area contributed by atoms with Crippen LogP contribution in [0.1, 0.15) is 43.7 Å². The summed E-state index contributed by atoms with van der Waals surface area (Å²) in [5.41, 5.74) is 2.75. The summed E-state index contributed by atoms with van der Waals surface area (Å²) in [6, 6.07) is 5.77. The molecular weight excluding hydrogens is 304 g/mol. The second-order valence-electron chi connectivity index (χ2n) is 5.93. The van der Waals surface area contributed by atoms with E-state index in [1.165, 1.54) is 11.1 Å². The highest BCUT2D eigenvalue weighted by atomic mass is 79.9. The fraction of sp³-hybridized carbons (Fsp3) is 0.562. The number of rotatable bonds is 1. The van der Waals surface area contributed by atoms with Crippen molar-refractivity contribution in [2.24, 2.45) is 5.92 Å². The second-order valence-corrected chi connectivity index (χ2v) is 7.03. The standard InChI is InChI=1S/C16H19BrO2/c1-2-16-9-14(17)15(19)8-11(16)4-3-10-7-12(18)5-6-13(10)16/h5-7,11,14,18H,2-4,8-9H2,1H3/t11-,14+,16-/m1/s1. The molecule has 0 saturated heterocycles. The molecule has 3 atom stereocenters. The van der Waals surface area contributed by atoms with Crippen molar-refractivity contribution < 1.29 is 9.90 Å². The molecule has 1 saturated carbocycles. The maximum Gasteiger partial charge on any atom is 0.146 e. The number of ketones is 1. The minimum Gasteiger partial charge on any atom is -0.508 e. The molecule has 0 bridgehead atoms. The molecule has 0 radical (unpaired) electrons. The van der Waals surface area contributed by atoms with E-state index in [2.05, 4.69) is 28.9 Å². The molecule has 1 aromatic rings. The summed E-state index contributed by atoms with van der Waals surface area (Å²) < 4.78 is 0. The molecular formula is C16H19BrO2. The fourth-order valence-electron chi connectivity index (χ4n) is 4.10. The second kappa shape index (κ2) is 4.62. The number of halogens is 1. The van der Waals surface area contributed by atoms with Gasteiger partial charge in [-0.3, -0.25) is 4.79 Å². The van der Waals surface area contributed by atoms with Crippen LogP contribution < -0.4 is 0 Å². The molecule has 0 heterocycles. The lowest BCUT2D eigenvalue weighted by Gasteiger charge is -2.49. The molecule has 0 aliphatic heterocycles. The molecule has 3 heteroatoms. The highest BCUT2D eigenvalue weighted by Gasteiger charge is 2.48. The Morgan fingerprint density at radius 2 is 2.26 bits per heavy atom. The number of Topliss-reactive ketones (excluding diaryl/α,β-unsaturated/α-hetero) is 1. The number of hydrogen-bond acceptors (Lipinski definition) is 2. The summed E-state index contributed by atoms with van der Waals surface area (Å²) in [7, 11) is 0. The highest BCUT2D eigenvalue weighted by Crippen LogP contribution is 2.52. The Kier molecular flexibility index (Phi) is 3.20. The van der Waals surface area contributed by atoms with E-state index < -0.39 is 0 Å². The molecule has 0 spiro atoms. The van der Waals surface area contributed by atoms with E-state index in [0.717, 1.165) is 25.7 Å². The molecule has 2 aliphatic rings. The maximum absolute atomic E-state index is 12.0. The van der Waals surface area contributed by atoms with Crippen molar-refractivity contribution in [3.05, 3.63) is 29.3 Å². The first-order valence-corrected chi connectivity index (χ1v) is 7.97. The zero-order valence-corrected chi connectivity index (χ0v) is 12.7. The average Bonchev–Trinajstić information content (AvgIpc) is 2.40. The Hall–Kier alpha value is -0.830. The van der Waals surface area contributed by atoms with Gasteiger partial charge in [0.15, 0.2) is 0 Å². The van der Waals surface area contributed by atoms with E-state index in [4.69, 9.17) is 0 Å². The Balaban J connectivity index is 2.11. The van der Waals surface area contributed by atoms with Crippen LogP contribution in [0.4, 0.5) is 0 Å². The van der Waals surface area contributed by atoms with Crippen molar-refractivity contribution in [1.82, 2.24) is 0 Å². The number of carbonyl (C=O) groups is 1. The van der Waals surface area contributed by atoms with Gasteiger partial charge in [0.25, 0.3) is 0 Å². The molecule has 0 aromatic heterocycles. The number of phenols is 1. The van der Waals surface area contributed by atoms with Gasteiger partial charge >= 0.3 is 0 Å². The third-order valence-electron chi connectivity index (χ3n) is 5.14. The van der Waals surface area contributed by atoms with Gasteiger partial charge in [0.2, 0.25) is 0 Å². The van der Waals surface area contributed by atoms with Crippen molar-refractivity contribution in [3.8, 4) is 5.75 Å². The van der Waals surface area contributed by atoms with E-state index in [0.29, 0.717) is 23.9 Å². The number of hydrogen-bond donors (Lipinski definition) is 1. The average molecular weight is 323 g/mol. The summed E-state index contributed by atoms with van der Waals surface area (Å²) in [5.74, 6) is 1.18. The van der Waals surface area contributed by atoms with E-state index in [1.54, 1.807) is 6.07 Å². The summed E-state index contributed by atoms with van der Waals surface area (Å²) >= 11 is 3.56. The van der Waals surface area contributed by atoms with Crippen LogP contribution in [0.25, 0.3) is 0 Å². The van der Waals surface area contributed by atoms with Crippen molar-refractivity contribution in [3.63, 3.8) is 0 Å². The SMILES string of the molecule is CC[C@@]12C[C@H](Br)C(=O)C[C@H]1CCc1cc(O)ccc12. The van der Waals surface area contributed by atoms with Crippen LogP contribution in [0.3, 0.4) is 0 Å². The van der Waals surface area contributed by atoms with Gasteiger partial charge in [0, 0.05) is 11.8 Å². The molecule has 102 valence electrons. The Morgan fingerprint density at radius 1 is 1.47 bits per heavy atom. The predicted octanol–water partition coefficient (Wildman–Crippen LogP) is 3.73. The zero-order valence-electron chi connectivity index (χ0n) is 11.2. The number of benzene rings is 1. The minimum absolute atomic E-state index is 0.0107. The van der Waals surface area contributed by atoms with Crippen LogP contribution in [0, 0.1) is 5.92 Å². The van der Waals surface area contributed by atoms with Gasteiger partial charge in [-0.1, -0.05) is 28.9 Å². The molecule has 1 N–H and O–H groups in total. The quantitative estimate of drug-likeness (QED) is 0.800. The maximum atomic E-state index is 12.0. The third-order valence-corrected chi connectivity index (χ3v) is 5.97. The van der Waals surface area contributed by atoms with Crippen molar-refractivity contribution >= 4 is 21.7 Å². The van der Waals surface area contributed by atoms with Gasteiger partial charge in [-0.05, 0) is 54.9 Å². The fourth-order valence-corrected chi connectivity index (χ4v) is 4.87. The van der Waals surface area contributed by atoms with Crippen molar-refractivity contribution in [1.29, 1.82) is 0 Å². The number of aryl methyl sites for hydroxylation is 1. The number of phenolic OH excluding ortho intramolecular Hbond substituents is 1. The molecule has 0 amide bonds. The molecule has 1 aromatic carbocycles. The number of fused-ring (bicyclic) bond motifs is 3. The summed E-state index contributed by atoms with van der Waals surface area (Å²) in [5, 5.41) is 9.67. The molecule has 2 nitrogen and oxygen atoms in total. The first kappa shape index (κ1) is 13.2. The Morgan fingerprint density at radius 3 is 3.00 bits per heavy atom. The van der Waals surface area contributed by atoms with E-state index in [-0.39, 0.29) is 10.2 Å². The molecule has 1 fully saturated rings. The molecule has 3 rings (SSSR count). The monoisotopic (exact) mass is 322 g/mol. The van der Waals surface area contributed by atoms with E-state index in [1.807, 2.05) is 6.07 Å². The van der Waals surface area contributed by atoms with Crippen molar-refractivity contribution in [2.45, 2.75) is 49.3 Å². The van der Waals surface area contributed by atoms with Crippen LogP contribution in [-0.2, 0) is 16.6 Å². The smallest absolute Gasteiger partial charge is 0.146 e. The molecule has 19 heavy (non-hydrogen) atoms. The number of aromatic hydroxyl groups is 1. The van der Waals surface area contributed by atoms with E-state index >= 15 is 0 Å². The third kappa shape index (κ3) is 1.94. The first-order chi connectivity index (χ1) is 9.06. The van der Waals surface area contributed by atoms with E-state index in [9.17, 15) is 9.90 Å². The number of carbonyl (C=O) groups excluding carboxylic acids is 1. The highest BCUT2D eigenvalue weighted by molar-refractivity contribution is 9.10. The summed E-state index contributed by atoms with van der Waals surface area (Å²) in [6.07, 6.45) is 4.70. The van der Waals surface area contributed by atoms with Crippen LogP contribution in [0.5, 0.6) is 5.75 Å². The topological polar surface area (TPSA) is 37.3 Å². The van der Waals surface area contributed by atoms with Gasteiger partial charge in [0.1, 0.15) is 11.5 Å². The largest absolute Gasteiger partial charge is 0.508 e. The Bertz CT molecular complexity index is 525.